The fourth-order valence-electron chi connectivity index (χ4n) is 3.25. The minimum Gasteiger partial charge on any atom is -0.396 e. The molecule has 0 unspecified atom stereocenters. The lowest BCUT2D eigenvalue weighted by molar-refractivity contribution is 0.240. The molecule has 106 valence electrons. The van der Waals surface area contributed by atoms with Crippen LogP contribution in [0, 0.1) is 5.92 Å². The Morgan fingerprint density at radius 1 is 1.11 bits per heavy atom. The third-order valence-electron chi connectivity index (χ3n) is 4.43. The van der Waals surface area contributed by atoms with Crippen LogP contribution in [-0.2, 0) is 12.8 Å². The number of anilines is 1. The molecule has 1 aliphatic rings. The number of hydrogen-bond donors (Lipinski definition) is 1. The first-order valence-electron chi connectivity index (χ1n) is 7.76. The molecule has 0 saturated carbocycles. The highest BCUT2D eigenvalue weighted by molar-refractivity contribution is 5.60. The normalized spacial score (nSPS) is 16.9. The maximum atomic E-state index is 9.05. The molecule has 0 atom stereocenters. The Balaban J connectivity index is 2.14. The van der Waals surface area contributed by atoms with Gasteiger partial charge in [-0.2, -0.15) is 0 Å². The van der Waals surface area contributed by atoms with Gasteiger partial charge in [0.25, 0.3) is 0 Å². The molecule has 0 aliphatic carbocycles. The van der Waals surface area contributed by atoms with Crippen molar-refractivity contribution in [2.45, 2.75) is 46.0 Å². The third kappa shape index (κ3) is 3.30. The van der Waals surface area contributed by atoms with Crippen LogP contribution in [0.4, 0.5) is 5.69 Å². The zero-order valence-corrected chi connectivity index (χ0v) is 12.4. The summed E-state index contributed by atoms with van der Waals surface area (Å²) in [7, 11) is 0. The molecule has 1 heterocycles. The summed E-state index contributed by atoms with van der Waals surface area (Å²) >= 11 is 0. The van der Waals surface area contributed by atoms with Crippen molar-refractivity contribution in [3.05, 3.63) is 29.3 Å². The van der Waals surface area contributed by atoms with Crippen molar-refractivity contribution in [3.63, 3.8) is 0 Å². The molecule has 2 rings (SSSR count). The van der Waals surface area contributed by atoms with Gasteiger partial charge in [0.05, 0.1) is 0 Å². The van der Waals surface area contributed by atoms with E-state index in [4.69, 9.17) is 5.11 Å². The molecule has 0 spiro atoms. The molecular formula is C17H27NO. The number of hydrogen-bond acceptors (Lipinski definition) is 2. The first-order chi connectivity index (χ1) is 9.30. The Morgan fingerprint density at radius 2 is 1.68 bits per heavy atom. The summed E-state index contributed by atoms with van der Waals surface area (Å²) in [5.74, 6) is 0.722. The molecule has 0 amide bonds. The van der Waals surface area contributed by atoms with E-state index in [1.807, 2.05) is 0 Å². The predicted molar refractivity (Wildman–Crippen MR) is 81.8 cm³/mol. The van der Waals surface area contributed by atoms with Crippen LogP contribution >= 0.6 is 0 Å². The zero-order chi connectivity index (χ0) is 13.7. The molecule has 1 N–H and O–H groups in total. The second kappa shape index (κ2) is 6.95. The van der Waals surface area contributed by atoms with Crippen molar-refractivity contribution in [2.75, 3.05) is 24.6 Å². The van der Waals surface area contributed by atoms with Gasteiger partial charge in [-0.1, -0.05) is 32.0 Å². The van der Waals surface area contributed by atoms with Crippen molar-refractivity contribution < 1.29 is 5.11 Å². The van der Waals surface area contributed by atoms with E-state index < -0.39 is 0 Å². The number of piperidine rings is 1. The van der Waals surface area contributed by atoms with Gasteiger partial charge in [-0.05, 0) is 49.1 Å². The molecule has 2 heteroatoms. The van der Waals surface area contributed by atoms with Gasteiger partial charge >= 0.3 is 0 Å². The minimum absolute atomic E-state index is 0.344. The number of nitrogens with zero attached hydrogens (tertiary/aromatic N) is 1. The van der Waals surface area contributed by atoms with Crippen LogP contribution in [0.3, 0.4) is 0 Å². The van der Waals surface area contributed by atoms with Gasteiger partial charge in [0.2, 0.25) is 0 Å². The third-order valence-corrected chi connectivity index (χ3v) is 4.43. The molecular weight excluding hydrogens is 234 g/mol. The lowest BCUT2D eigenvalue weighted by Crippen LogP contribution is -2.35. The molecule has 0 bridgehead atoms. The summed E-state index contributed by atoms with van der Waals surface area (Å²) in [6.07, 6.45) is 5.65. The molecule has 1 aromatic carbocycles. The van der Waals surface area contributed by atoms with Crippen LogP contribution < -0.4 is 4.90 Å². The van der Waals surface area contributed by atoms with Gasteiger partial charge in [0, 0.05) is 25.4 Å². The standard InChI is InChI=1S/C17H27NO/c1-3-15-6-5-7-16(4-2)17(15)18-11-8-14(9-12-18)10-13-19/h5-7,14,19H,3-4,8-13H2,1-2H3. The van der Waals surface area contributed by atoms with E-state index in [1.165, 1.54) is 29.7 Å². The lowest BCUT2D eigenvalue weighted by atomic mass is 9.92. The largest absolute Gasteiger partial charge is 0.396 e. The summed E-state index contributed by atoms with van der Waals surface area (Å²) in [6, 6.07) is 6.74. The van der Waals surface area contributed by atoms with Crippen LogP contribution in [0.5, 0.6) is 0 Å². The smallest absolute Gasteiger partial charge is 0.0433 e. The van der Waals surface area contributed by atoms with E-state index in [-0.39, 0.29) is 0 Å². The van der Waals surface area contributed by atoms with Gasteiger partial charge < -0.3 is 10.0 Å². The Labute approximate surface area is 117 Å². The molecule has 1 saturated heterocycles. The van der Waals surface area contributed by atoms with Crippen LogP contribution in [0.1, 0.15) is 44.2 Å². The first-order valence-corrected chi connectivity index (χ1v) is 7.76. The SMILES string of the molecule is CCc1cccc(CC)c1N1CCC(CCO)CC1. The van der Waals surface area contributed by atoms with E-state index in [9.17, 15) is 0 Å². The van der Waals surface area contributed by atoms with Crippen molar-refractivity contribution in [1.29, 1.82) is 0 Å². The number of rotatable bonds is 5. The minimum atomic E-state index is 0.344. The second-order valence-electron chi connectivity index (χ2n) is 5.57. The summed E-state index contributed by atoms with van der Waals surface area (Å²) in [5, 5.41) is 9.05. The highest BCUT2D eigenvalue weighted by atomic mass is 16.3. The maximum Gasteiger partial charge on any atom is 0.0433 e. The fraction of sp³-hybridized carbons (Fsp3) is 0.647. The summed E-state index contributed by atoms with van der Waals surface area (Å²) in [4.78, 5) is 2.57. The molecule has 1 aromatic rings. The van der Waals surface area contributed by atoms with Gasteiger partial charge in [-0.25, -0.2) is 0 Å². The zero-order valence-electron chi connectivity index (χ0n) is 12.4. The molecule has 0 radical (unpaired) electrons. The monoisotopic (exact) mass is 261 g/mol. The Hall–Kier alpha value is -1.02. The fourth-order valence-corrected chi connectivity index (χ4v) is 3.25. The van der Waals surface area contributed by atoms with Gasteiger partial charge in [0.15, 0.2) is 0 Å². The Bertz CT molecular complexity index is 372. The van der Waals surface area contributed by atoms with Crippen LogP contribution in [0.25, 0.3) is 0 Å². The van der Waals surface area contributed by atoms with E-state index in [1.54, 1.807) is 0 Å². The van der Waals surface area contributed by atoms with Crippen LogP contribution in [0.15, 0.2) is 18.2 Å². The first kappa shape index (κ1) is 14.4. The van der Waals surface area contributed by atoms with Gasteiger partial charge in [0.1, 0.15) is 0 Å². The average molecular weight is 261 g/mol. The van der Waals surface area contributed by atoms with Gasteiger partial charge in [-0.15, -0.1) is 0 Å². The van der Waals surface area contributed by atoms with Crippen LogP contribution in [-0.4, -0.2) is 24.8 Å². The molecule has 19 heavy (non-hydrogen) atoms. The quantitative estimate of drug-likeness (QED) is 0.878. The average Bonchev–Trinajstić information content (AvgIpc) is 2.47. The number of aryl methyl sites for hydroxylation is 2. The Morgan fingerprint density at radius 3 is 2.16 bits per heavy atom. The summed E-state index contributed by atoms with van der Waals surface area (Å²) < 4.78 is 0. The van der Waals surface area contributed by atoms with Crippen molar-refractivity contribution in [1.82, 2.24) is 0 Å². The topological polar surface area (TPSA) is 23.5 Å². The van der Waals surface area contributed by atoms with Crippen molar-refractivity contribution >= 4 is 5.69 Å². The van der Waals surface area contributed by atoms with E-state index in [0.717, 1.165) is 38.3 Å². The van der Waals surface area contributed by atoms with Crippen molar-refractivity contribution in [3.8, 4) is 0 Å². The maximum absolute atomic E-state index is 9.05. The van der Waals surface area contributed by atoms with E-state index >= 15 is 0 Å². The number of aliphatic hydroxyl groups excluding tert-OH is 1. The summed E-state index contributed by atoms with van der Waals surface area (Å²) in [6.45, 7) is 7.13. The Kier molecular flexibility index (Phi) is 5.26. The predicted octanol–water partition coefficient (Wildman–Crippen LogP) is 3.41. The van der Waals surface area contributed by atoms with E-state index in [0.29, 0.717) is 6.61 Å². The van der Waals surface area contributed by atoms with Gasteiger partial charge in [-0.3, -0.25) is 0 Å². The summed E-state index contributed by atoms with van der Waals surface area (Å²) in [5.41, 5.74) is 4.47. The second-order valence-corrected chi connectivity index (χ2v) is 5.57. The lowest BCUT2D eigenvalue weighted by Gasteiger charge is -2.36. The molecule has 1 aliphatic heterocycles. The highest BCUT2D eigenvalue weighted by Gasteiger charge is 2.21. The highest BCUT2D eigenvalue weighted by Crippen LogP contribution is 2.31. The number of aliphatic hydroxyl groups is 1. The molecule has 1 fully saturated rings. The molecule has 0 aromatic heterocycles. The van der Waals surface area contributed by atoms with E-state index in [2.05, 4.69) is 36.9 Å². The van der Waals surface area contributed by atoms with Crippen molar-refractivity contribution in [2.24, 2.45) is 5.92 Å². The molecule has 2 nitrogen and oxygen atoms in total. The van der Waals surface area contributed by atoms with Crippen LogP contribution in [0.2, 0.25) is 0 Å². The number of para-hydroxylation sites is 1. The number of benzene rings is 1.